The predicted molar refractivity (Wildman–Crippen MR) is 64.6 cm³/mol. The Bertz CT molecular complexity index is 637. The molecule has 6 heteroatoms. The lowest BCUT2D eigenvalue weighted by Gasteiger charge is -2.05. The van der Waals surface area contributed by atoms with E-state index < -0.39 is 11.3 Å². The first-order valence-corrected chi connectivity index (χ1v) is 5.45. The van der Waals surface area contributed by atoms with Crippen molar-refractivity contribution in [2.75, 3.05) is 0 Å². The van der Waals surface area contributed by atoms with Crippen LogP contribution in [0.4, 0.5) is 0 Å². The van der Waals surface area contributed by atoms with Crippen LogP contribution in [0, 0.1) is 0 Å². The van der Waals surface area contributed by atoms with Crippen LogP contribution in [-0.4, -0.2) is 21.2 Å². The number of rotatable bonds is 2. The standard InChI is InChI=1S/C11H7BrN2O3/c12-7-2-1-3-8(4-7)14-11(17)5-10(16)9(6-15)13-14/h1-6,16H. The Labute approximate surface area is 104 Å². The van der Waals surface area contributed by atoms with Gasteiger partial charge >= 0.3 is 0 Å². The summed E-state index contributed by atoms with van der Waals surface area (Å²) in [7, 11) is 0. The third-order valence-electron chi connectivity index (χ3n) is 2.10. The maximum absolute atomic E-state index is 11.6. The van der Waals surface area contributed by atoms with Crippen molar-refractivity contribution in [2.45, 2.75) is 0 Å². The number of nitrogens with zero attached hydrogens (tertiary/aromatic N) is 2. The normalized spacial score (nSPS) is 10.2. The zero-order valence-electron chi connectivity index (χ0n) is 8.50. The molecule has 0 saturated carbocycles. The van der Waals surface area contributed by atoms with Gasteiger partial charge in [0.05, 0.1) is 5.69 Å². The van der Waals surface area contributed by atoms with Gasteiger partial charge < -0.3 is 5.11 Å². The Hall–Kier alpha value is -1.95. The van der Waals surface area contributed by atoms with Gasteiger partial charge in [-0.25, -0.2) is 0 Å². The Morgan fingerprint density at radius 3 is 2.76 bits per heavy atom. The van der Waals surface area contributed by atoms with E-state index in [1.54, 1.807) is 24.3 Å². The van der Waals surface area contributed by atoms with Crippen LogP contribution in [0.2, 0.25) is 0 Å². The highest BCUT2D eigenvalue weighted by Gasteiger charge is 2.08. The fraction of sp³-hybridized carbons (Fsp3) is 0. The molecule has 0 atom stereocenters. The second-order valence-electron chi connectivity index (χ2n) is 3.26. The van der Waals surface area contributed by atoms with Crippen molar-refractivity contribution >= 4 is 22.2 Å². The van der Waals surface area contributed by atoms with E-state index in [1.807, 2.05) is 0 Å². The number of carbonyl (C=O) groups excluding carboxylic acids is 1. The summed E-state index contributed by atoms with van der Waals surface area (Å²) in [5.74, 6) is -0.420. The smallest absolute Gasteiger partial charge is 0.275 e. The molecule has 0 aliphatic rings. The molecule has 0 bridgehead atoms. The fourth-order valence-electron chi connectivity index (χ4n) is 1.34. The molecular formula is C11H7BrN2O3. The second kappa shape index (κ2) is 4.50. The summed E-state index contributed by atoms with van der Waals surface area (Å²) in [6.07, 6.45) is 0.392. The van der Waals surface area contributed by atoms with Crippen LogP contribution in [0.25, 0.3) is 5.69 Å². The van der Waals surface area contributed by atoms with Crippen molar-refractivity contribution in [2.24, 2.45) is 0 Å². The first kappa shape index (κ1) is 11.5. The molecule has 1 N–H and O–H groups in total. The number of aldehydes is 1. The lowest BCUT2D eigenvalue weighted by molar-refractivity contribution is 0.111. The van der Waals surface area contributed by atoms with Crippen molar-refractivity contribution < 1.29 is 9.90 Å². The predicted octanol–water partition coefficient (Wildman–Crippen LogP) is 1.51. The third-order valence-corrected chi connectivity index (χ3v) is 2.60. The Morgan fingerprint density at radius 2 is 2.12 bits per heavy atom. The van der Waals surface area contributed by atoms with E-state index >= 15 is 0 Å². The molecule has 0 aliphatic heterocycles. The highest BCUT2D eigenvalue weighted by atomic mass is 79.9. The number of carbonyl (C=O) groups is 1. The average molecular weight is 295 g/mol. The highest BCUT2D eigenvalue weighted by Crippen LogP contribution is 2.15. The second-order valence-corrected chi connectivity index (χ2v) is 4.18. The van der Waals surface area contributed by atoms with Gasteiger partial charge in [0.25, 0.3) is 5.56 Å². The minimum Gasteiger partial charge on any atom is -0.505 e. The first-order chi connectivity index (χ1) is 8.11. The summed E-state index contributed by atoms with van der Waals surface area (Å²) in [5, 5.41) is 13.1. The van der Waals surface area contributed by atoms with Crippen LogP contribution in [0.15, 0.2) is 39.6 Å². The molecule has 17 heavy (non-hydrogen) atoms. The molecule has 0 amide bonds. The summed E-state index contributed by atoms with van der Waals surface area (Å²) >= 11 is 3.27. The summed E-state index contributed by atoms with van der Waals surface area (Å²) in [6.45, 7) is 0. The topological polar surface area (TPSA) is 72.2 Å². The van der Waals surface area contributed by atoms with Gasteiger partial charge in [-0.3, -0.25) is 9.59 Å². The van der Waals surface area contributed by atoms with E-state index in [0.29, 0.717) is 12.0 Å². The number of benzene rings is 1. The average Bonchev–Trinajstić information content (AvgIpc) is 2.29. The molecule has 86 valence electrons. The third kappa shape index (κ3) is 2.26. The number of halogens is 1. The van der Waals surface area contributed by atoms with Crippen LogP contribution in [0.1, 0.15) is 10.5 Å². The zero-order chi connectivity index (χ0) is 12.4. The minimum atomic E-state index is -0.508. The van der Waals surface area contributed by atoms with E-state index in [2.05, 4.69) is 21.0 Å². The minimum absolute atomic E-state index is 0.176. The molecule has 0 radical (unpaired) electrons. The molecule has 0 saturated heterocycles. The molecule has 0 fully saturated rings. The largest absolute Gasteiger partial charge is 0.505 e. The van der Waals surface area contributed by atoms with E-state index in [0.717, 1.165) is 15.2 Å². The first-order valence-electron chi connectivity index (χ1n) is 4.66. The van der Waals surface area contributed by atoms with Crippen molar-refractivity contribution in [3.8, 4) is 11.4 Å². The van der Waals surface area contributed by atoms with E-state index in [9.17, 15) is 14.7 Å². The van der Waals surface area contributed by atoms with Crippen LogP contribution in [0.3, 0.4) is 0 Å². The van der Waals surface area contributed by atoms with Crippen molar-refractivity contribution in [3.05, 3.63) is 50.9 Å². The quantitative estimate of drug-likeness (QED) is 0.852. The number of aromatic hydroxyl groups is 1. The van der Waals surface area contributed by atoms with Crippen molar-refractivity contribution in [3.63, 3.8) is 0 Å². The molecule has 2 aromatic rings. The molecule has 1 aromatic carbocycles. The zero-order valence-corrected chi connectivity index (χ0v) is 10.1. The van der Waals surface area contributed by atoms with Gasteiger partial charge in [0.1, 0.15) is 0 Å². The van der Waals surface area contributed by atoms with Gasteiger partial charge in [-0.2, -0.15) is 9.78 Å². The van der Waals surface area contributed by atoms with E-state index in [-0.39, 0.29) is 5.69 Å². The lowest BCUT2D eigenvalue weighted by atomic mass is 10.3. The molecule has 5 nitrogen and oxygen atoms in total. The molecule has 2 rings (SSSR count). The van der Waals surface area contributed by atoms with Crippen LogP contribution in [-0.2, 0) is 0 Å². The van der Waals surface area contributed by atoms with Crippen LogP contribution in [0.5, 0.6) is 5.75 Å². The highest BCUT2D eigenvalue weighted by molar-refractivity contribution is 9.10. The summed E-state index contributed by atoms with van der Waals surface area (Å²) in [5.41, 5.74) is -0.178. The Balaban J connectivity index is 2.67. The molecule has 1 heterocycles. The maximum Gasteiger partial charge on any atom is 0.275 e. The molecule has 0 spiro atoms. The number of hydrogen-bond acceptors (Lipinski definition) is 4. The van der Waals surface area contributed by atoms with E-state index in [4.69, 9.17) is 0 Å². The maximum atomic E-state index is 11.6. The molecule has 1 aromatic heterocycles. The number of hydrogen-bond donors (Lipinski definition) is 1. The van der Waals surface area contributed by atoms with Crippen molar-refractivity contribution in [1.29, 1.82) is 0 Å². The lowest BCUT2D eigenvalue weighted by Crippen LogP contribution is -2.21. The molecule has 0 unspecified atom stereocenters. The van der Waals surface area contributed by atoms with Crippen LogP contribution < -0.4 is 5.56 Å². The monoisotopic (exact) mass is 294 g/mol. The van der Waals surface area contributed by atoms with E-state index in [1.165, 1.54) is 0 Å². The Kier molecular flexibility index (Phi) is 3.06. The summed E-state index contributed by atoms with van der Waals surface area (Å²) in [4.78, 5) is 22.3. The van der Waals surface area contributed by atoms with Gasteiger partial charge in [-0.05, 0) is 18.2 Å². The van der Waals surface area contributed by atoms with Gasteiger partial charge in [-0.15, -0.1) is 0 Å². The number of aromatic nitrogens is 2. The van der Waals surface area contributed by atoms with Gasteiger partial charge in [0, 0.05) is 10.5 Å². The summed E-state index contributed by atoms with van der Waals surface area (Å²) in [6, 6.07) is 7.85. The molecular weight excluding hydrogens is 288 g/mol. The Morgan fingerprint density at radius 1 is 1.35 bits per heavy atom. The SMILES string of the molecule is O=Cc1nn(-c2cccc(Br)c2)c(=O)cc1O. The molecule has 0 aliphatic carbocycles. The fourth-order valence-corrected chi connectivity index (χ4v) is 1.72. The van der Waals surface area contributed by atoms with Gasteiger partial charge in [0.15, 0.2) is 17.7 Å². The van der Waals surface area contributed by atoms with Crippen molar-refractivity contribution in [1.82, 2.24) is 9.78 Å². The summed E-state index contributed by atoms with van der Waals surface area (Å²) < 4.78 is 1.83. The van der Waals surface area contributed by atoms with Crippen LogP contribution >= 0.6 is 15.9 Å². The van der Waals surface area contributed by atoms with Gasteiger partial charge in [0.2, 0.25) is 0 Å². The van der Waals surface area contributed by atoms with Gasteiger partial charge in [-0.1, -0.05) is 22.0 Å².